The highest BCUT2D eigenvalue weighted by Crippen LogP contribution is 2.18. The van der Waals surface area contributed by atoms with Crippen molar-refractivity contribution in [1.82, 2.24) is 26.2 Å². The summed E-state index contributed by atoms with van der Waals surface area (Å²) in [4.78, 5) is 54.5. The number of nitrogens with one attached hydrogen (secondary N) is 4. The first-order valence-corrected chi connectivity index (χ1v) is 13.0. The highest BCUT2D eigenvalue weighted by Gasteiger charge is 2.28. The van der Waals surface area contributed by atoms with E-state index in [1.807, 2.05) is 44.2 Å². The van der Waals surface area contributed by atoms with Crippen molar-refractivity contribution in [2.45, 2.75) is 38.8 Å². The number of benzene rings is 2. The number of carbonyl (C=O) groups excluding carboxylic acids is 4. The van der Waals surface area contributed by atoms with Crippen molar-refractivity contribution in [2.24, 2.45) is 0 Å². The Labute approximate surface area is 223 Å². The van der Waals surface area contributed by atoms with Gasteiger partial charge in [-0.25, -0.2) is 0 Å². The molecule has 2 aromatic carbocycles. The topological polar surface area (TPSA) is 129 Å². The Morgan fingerprint density at radius 3 is 2.45 bits per heavy atom. The van der Waals surface area contributed by atoms with Crippen LogP contribution in [0, 0.1) is 0 Å². The van der Waals surface area contributed by atoms with Crippen LogP contribution in [0.15, 0.2) is 54.6 Å². The number of amides is 4. The summed E-state index contributed by atoms with van der Waals surface area (Å²) >= 11 is 0. The van der Waals surface area contributed by atoms with Gasteiger partial charge in [-0.1, -0.05) is 56.3 Å². The molecule has 4 N–H and O–H groups in total. The van der Waals surface area contributed by atoms with Gasteiger partial charge in [-0.15, -0.1) is 0 Å². The Morgan fingerprint density at radius 2 is 1.71 bits per heavy atom. The lowest BCUT2D eigenvalue weighted by atomic mass is 10.0. The molecule has 4 amide bonds. The second kappa shape index (κ2) is 14.7. The molecule has 2 atom stereocenters. The van der Waals surface area contributed by atoms with E-state index in [9.17, 15) is 19.2 Å². The van der Waals surface area contributed by atoms with Gasteiger partial charge in [0.25, 0.3) is 5.91 Å². The summed E-state index contributed by atoms with van der Waals surface area (Å²) < 4.78 is 5.77. The van der Waals surface area contributed by atoms with Crippen molar-refractivity contribution < 1.29 is 23.9 Å². The van der Waals surface area contributed by atoms with Crippen molar-refractivity contribution in [3.8, 4) is 5.75 Å². The van der Waals surface area contributed by atoms with Crippen molar-refractivity contribution in [2.75, 3.05) is 39.3 Å². The Balaban J connectivity index is 1.81. The SMILES string of the molecule is CCN(CC)CCNC(=O)[C@@H]1CC(=O)N[C@@H](Cc2ccccc2)C(=O)NCCOc2ccccc2C(=O)N1. The fourth-order valence-corrected chi connectivity index (χ4v) is 4.18. The molecule has 0 fully saturated rings. The largest absolute Gasteiger partial charge is 0.491 e. The number of hydrogen-bond acceptors (Lipinski definition) is 6. The molecule has 1 aliphatic rings. The molecule has 0 bridgehead atoms. The van der Waals surface area contributed by atoms with Crippen LogP contribution in [-0.4, -0.2) is 79.9 Å². The average molecular weight is 524 g/mol. The number of hydrogen-bond donors (Lipinski definition) is 4. The van der Waals surface area contributed by atoms with Crippen LogP contribution in [0.2, 0.25) is 0 Å². The number of fused-ring (bicyclic) bond motifs is 1. The number of nitrogens with zero attached hydrogens (tertiary/aromatic N) is 1. The monoisotopic (exact) mass is 523 g/mol. The van der Waals surface area contributed by atoms with Crippen LogP contribution in [0.4, 0.5) is 0 Å². The summed E-state index contributed by atoms with van der Waals surface area (Å²) in [6.45, 7) is 7.08. The minimum Gasteiger partial charge on any atom is -0.491 e. The van der Waals surface area contributed by atoms with E-state index in [4.69, 9.17) is 4.74 Å². The summed E-state index contributed by atoms with van der Waals surface area (Å²) in [5, 5.41) is 11.1. The Kier molecular flexibility index (Phi) is 11.1. The molecule has 0 radical (unpaired) electrons. The van der Waals surface area contributed by atoms with Crippen molar-refractivity contribution in [3.63, 3.8) is 0 Å². The second-order valence-corrected chi connectivity index (χ2v) is 8.99. The molecule has 0 unspecified atom stereocenters. The van der Waals surface area contributed by atoms with E-state index in [1.54, 1.807) is 24.3 Å². The molecule has 0 saturated carbocycles. The van der Waals surface area contributed by atoms with Crippen LogP contribution < -0.4 is 26.0 Å². The van der Waals surface area contributed by atoms with Crippen molar-refractivity contribution >= 4 is 23.6 Å². The van der Waals surface area contributed by atoms with Gasteiger partial charge in [0.05, 0.1) is 18.5 Å². The molecular formula is C28H37N5O5. The van der Waals surface area contributed by atoms with Gasteiger partial charge in [-0.05, 0) is 30.8 Å². The van der Waals surface area contributed by atoms with Crippen LogP contribution in [0.5, 0.6) is 5.75 Å². The Morgan fingerprint density at radius 1 is 1.00 bits per heavy atom. The molecule has 0 aliphatic carbocycles. The van der Waals surface area contributed by atoms with Gasteiger partial charge in [0.1, 0.15) is 24.4 Å². The summed E-state index contributed by atoms with van der Waals surface area (Å²) in [5.74, 6) is -1.57. The number of likely N-dealkylation sites (N-methyl/N-ethyl adjacent to an activating group) is 1. The highest BCUT2D eigenvalue weighted by atomic mass is 16.5. The zero-order valence-corrected chi connectivity index (χ0v) is 22.0. The number of carbonyl (C=O) groups is 4. The third kappa shape index (κ3) is 8.58. The molecule has 0 saturated heterocycles. The molecule has 2 aromatic rings. The van der Waals surface area contributed by atoms with E-state index in [0.29, 0.717) is 18.8 Å². The normalized spacial score (nSPS) is 18.8. The van der Waals surface area contributed by atoms with Crippen LogP contribution in [0.25, 0.3) is 0 Å². The van der Waals surface area contributed by atoms with Gasteiger partial charge in [-0.2, -0.15) is 0 Å². The molecule has 10 heteroatoms. The minimum atomic E-state index is -1.14. The number of para-hydroxylation sites is 1. The predicted octanol–water partition coefficient (Wildman–Crippen LogP) is 0.869. The lowest BCUT2D eigenvalue weighted by Crippen LogP contribution is -2.53. The highest BCUT2D eigenvalue weighted by molar-refractivity contribution is 6.01. The Bertz CT molecular complexity index is 1090. The lowest BCUT2D eigenvalue weighted by molar-refractivity contribution is -0.131. The van der Waals surface area contributed by atoms with Crippen LogP contribution in [0.1, 0.15) is 36.2 Å². The van der Waals surface area contributed by atoms with Gasteiger partial charge in [0, 0.05) is 19.5 Å². The predicted molar refractivity (Wildman–Crippen MR) is 144 cm³/mol. The average Bonchev–Trinajstić information content (AvgIpc) is 2.92. The first kappa shape index (κ1) is 28.6. The zero-order chi connectivity index (χ0) is 27.3. The smallest absolute Gasteiger partial charge is 0.255 e. The molecule has 38 heavy (non-hydrogen) atoms. The van der Waals surface area contributed by atoms with Gasteiger partial charge in [-0.3, -0.25) is 19.2 Å². The van der Waals surface area contributed by atoms with Crippen LogP contribution in [0.3, 0.4) is 0 Å². The lowest BCUT2D eigenvalue weighted by Gasteiger charge is -2.24. The maximum Gasteiger partial charge on any atom is 0.255 e. The molecule has 0 spiro atoms. The summed E-state index contributed by atoms with van der Waals surface area (Å²) in [7, 11) is 0. The standard InChI is InChI=1S/C28H37N5O5/c1-3-33(4-2)16-14-29-28(37)23-19-25(34)31-22(18-20-10-6-5-7-11-20)27(36)30-15-17-38-24-13-9-8-12-21(24)26(35)32-23/h5-13,22-23H,3-4,14-19H2,1-2H3,(H,29,37)(H,30,36)(H,31,34)(H,32,35)/t22-,23-/m0/s1. The van der Waals surface area contributed by atoms with E-state index in [1.165, 1.54) is 0 Å². The van der Waals surface area contributed by atoms with Crippen LogP contribution in [-0.2, 0) is 20.8 Å². The Hall–Kier alpha value is -3.92. The van der Waals surface area contributed by atoms with E-state index in [2.05, 4.69) is 26.2 Å². The second-order valence-electron chi connectivity index (χ2n) is 8.99. The van der Waals surface area contributed by atoms with E-state index in [0.717, 1.165) is 18.7 Å². The molecule has 1 aliphatic heterocycles. The van der Waals surface area contributed by atoms with E-state index < -0.39 is 29.8 Å². The molecule has 10 nitrogen and oxygen atoms in total. The maximum absolute atomic E-state index is 13.1. The van der Waals surface area contributed by atoms with Gasteiger partial charge < -0.3 is 30.9 Å². The molecule has 1 heterocycles. The molecular weight excluding hydrogens is 486 g/mol. The van der Waals surface area contributed by atoms with E-state index in [-0.39, 0.29) is 37.5 Å². The minimum absolute atomic E-state index is 0.122. The first-order valence-electron chi connectivity index (χ1n) is 13.0. The fraction of sp³-hybridized carbons (Fsp3) is 0.429. The zero-order valence-electron chi connectivity index (χ0n) is 22.0. The summed E-state index contributed by atoms with van der Waals surface area (Å²) in [5.41, 5.74) is 1.11. The number of rotatable bonds is 8. The fourth-order valence-electron chi connectivity index (χ4n) is 4.18. The molecule has 3 rings (SSSR count). The van der Waals surface area contributed by atoms with Crippen molar-refractivity contribution in [3.05, 3.63) is 65.7 Å². The quantitative estimate of drug-likeness (QED) is 0.407. The summed E-state index contributed by atoms with van der Waals surface area (Å²) in [6.07, 6.45) is -0.0559. The number of ether oxygens (including phenoxy) is 1. The van der Waals surface area contributed by atoms with Gasteiger partial charge in [0.2, 0.25) is 17.7 Å². The third-order valence-corrected chi connectivity index (χ3v) is 6.36. The molecule has 0 aromatic heterocycles. The van der Waals surface area contributed by atoms with Crippen molar-refractivity contribution in [1.29, 1.82) is 0 Å². The molecule has 204 valence electrons. The van der Waals surface area contributed by atoms with Crippen LogP contribution >= 0.6 is 0 Å². The third-order valence-electron chi connectivity index (χ3n) is 6.36. The maximum atomic E-state index is 13.1. The van der Waals surface area contributed by atoms with E-state index >= 15 is 0 Å². The first-order chi connectivity index (χ1) is 18.4. The van der Waals surface area contributed by atoms with Gasteiger partial charge >= 0.3 is 0 Å². The van der Waals surface area contributed by atoms with Gasteiger partial charge in [0.15, 0.2) is 0 Å². The summed E-state index contributed by atoms with van der Waals surface area (Å²) in [6, 6.07) is 14.0.